The molecule has 29 heavy (non-hydrogen) atoms. The molecule has 5 N–H and O–H groups in total. The Kier molecular flexibility index (Phi) is 6.98. The van der Waals surface area contributed by atoms with Gasteiger partial charge >= 0.3 is 5.69 Å². The van der Waals surface area contributed by atoms with Gasteiger partial charge in [-0.05, 0) is 69.4 Å². The normalized spacial score (nSPS) is 19.1. The number of nitrogen functional groups attached to an aromatic ring is 1. The number of hydrogen-bond donors (Lipinski definition) is 3. The van der Waals surface area contributed by atoms with Gasteiger partial charge in [-0.25, -0.2) is 4.98 Å². The van der Waals surface area contributed by atoms with E-state index in [1.807, 2.05) is 6.07 Å². The van der Waals surface area contributed by atoms with Gasteiger partial charge in [-0.2, -0.15) is 4.98 Å². The first-order valence-electron chi connectivity index (χ1n) is 10.3. The fourth-order valence-electron chi connectivity index (χ4n) is 4.07. The fraction of sp³-hybridized carbons (Fsp3) is 0.524. The summed E-state index contributed by atoms with van der Waals surface area (Å²) >= 11 is 0. The molecule has 0 atom stereocenters. The van der Waals surface area contributed by atoms with Crippen LogP contribution in [0.3, 0.4) is 0 Å². The number of aryl methyl sites for hydroxylation is 1. The SMILES string of the molecule is Cc1cccc(CCNc2nc(N)c([N+](=O)[O-])c(CC3CCC(CN)CC3)n2)c1. The molecule has 0 spiro atoms. The number of nitrogens with zero attached hydrogens (tertiary/aromatic N) is 3. The lowest BCUT2D eigenvalue weighted by molar-refractivity contribution is -0.385. The summed E-state index contributed by atoms with van der Waals surface area (Å²) < 4.78 is 0. The van der Waals surface area contributed by atoms with E-state index in [2.05, 4.69) is 40.4 Å². The van der Waals surface area contributed by atoms with E-state index in [1.54, 1.807) is 0 Å². The zero-order chi connectivity index (χ0) is 20.8. The molecule has 156 valence electrons. The lowest BCUT2D eigenvalue weighted by Crippen LogP contribution is -2.23. The van der Waals surface area contributed by atoms with Crippen molar-refractivity contribution in [2.24, 2.45) is 17.6 Å². The minimum atomic E-state index is -0.466. The first-order chi connectivity index (χ1) is 14.0. The quantitative estimate of drug-likeness (QED) is 0.459. The van der Waals surface area contributed by atoms with Gasteiger partial charge < -0.3 is 16.8 Å². The molecule has 8 heteroatoms. The average Bonchev–Trinajstić information content (AvgIpc) is 2.68. The summed E-state index contributed by atoms with van der Waals surface area (Å²) in [5.74, 6) is 1.21. The van der Waals surface area contributed by atoms with Crippen molar-refractivity contribution < 1.29 is 4.92 Å². The highest BCUT2D eigenvalue weighted by molar-refractivity contribution is 5.58. The Morgan fingerprint density at radius 2 is 1.93 bits per heavy atom. The molecule has 8 nitrogen and oxygen atoms in total. The summed E-state index contributed by atoms with van der Waals surface area (Å²) in [6.45, 7) is 3.40. The first kappa shape index (κ1) is 21.0. The summed E-state index contributed by atoms with van der Waals surface area (Å²) in [6, 6.07) is 8.30. The van der Waals surface area contributed by atoms with Crippen LogP contribution >= 0.6 is 0 Å². The number of nitrogens with two attached hydrogens (primary N) is 2. The maximum atomic E-state index is 11.5. The van der Waals surface area contributed by atoms with E-state index in [1.165, 1.54) is 11.1 Å². The van der Waals surface area contributed by atoms with Crippen LogP contribution in [0.25, 0.3) is 0 Å². The Labute approximate surface area is 171 Å². The number of benzene rings is 1. The summed E-state index contributed by atoms with van der Waals surface area (Å²) in [6.07, 6.45) is 5.51. The molecule has 1 saturated carbocycles. The van der Waals surface area contributed by atoms with E-state index in [0.29, 0.717) is 43.0 Å². The van der Waals surface area contributed by atoms with E-state index < -0.39 is 4.92 Å². The predicted molar refractivity (Wildman–Crippen MR) is 115 cm³/mol. The zero-order valence-electron chi connectivity index (χ0n) is 16.9. The van der Waals surface area contributed by atoms with Gasteiger partial charge in [0.2, 0.25) is 11.8 Å². The molecule has 0 amide bonds. The van der Waals surface area contributed by atoms with Crippen molar-refractivity contribution in [2.75, 3.05) is 24.1 Å². The third-order valence-corrected chi connectivity index (χ3v) is 5.73. The minimum Gasteiger partial charge on any atom is -0.378 e. The second-order valence-electron chi connectivity index (χ2n) is 7.98. The molecular weight excluding hydrogens is 368 g/mol. The van der Waals surface area contributed by atoms with Crippen LogP contribution in [0.1, 0.15) is 42.5 Å². The molecule has 3 rings (SSSR count). The molecule has 1 aliphatic carbocycles. The number of nitro groups is 1. The maximum absolute atomic E-state index is 11.5. The zero-order valence-corrected chi connectivity index (χ0v) is 16.9. The molecule has 1 aromatic carbocycles. The highest BCUT2D eigenvalue weighted by Crippen LogP contribution is 2.33. The molecule has 2 aromatic rings. The Morgan fingerprint density at radius 3 is 2.59 bits per heavy atom. The third kappa shape index (κ3) is 5.63. The van der Waals surface area contributed by atoms with Gasteiger partial charge in [0.25, 0.3) is 0 Å². The average molecular weight is 399 g/mol. The molecule has 1 fully saturated rings. The second-order valence-corrected chi connectivity index (χ2v) is 7.98. The monoisotopic (exact) mass is 398 g/mol. The van der Waals surface area contributed by atoms with E-state index in [9.17, 15) is 10.1 Å². The van der Waals surface area contributed by atoms with Gasteiger partial charge in [0.1, 0.15) is 5.69 Å². The molecule has 1 aromatic heterocycles. The highest BCUT2D eigenvalue weighted by Gasteiger charge is 2.27. The third-order valence-electron chi connectivity index (χ3n) is 5.73. The van der Waals surface area contributed by atoms with Crippen LogP contribution in [-0.2, 0) is 12.8 Å². The largest absolute Gasteiger partial charge is 0.378 e. The summed E-state index contributed by atoms with van der Waals surface area (Å²) in [5, 5.41) is 14.7. The van der Waals surface area contributed by atoms with E-state index >= 15 is 0 Å². The van der Waals surface area contributed by atoms with Gasteiger partial charge in [-0.3, -0.25) is 10.1 Å². The summed E-state index contributed by atoms with van der Waals surface area (Å²) in [5.41, 5.74) is 14.4. The van der Waals surface area contributed by atoms with E-state index in [4.69, 9.17) is 11.5 Å². The van der Waals surface area contributed by atoms with Crippen LogP contribution in [0.4, 0.5) is 17.5 Å². The lowest BCUT2D eigenvalue weighted by Gasteiger charge is -2.27. The van der Waals surface area contributed by atoms with Crippen molar-refractivity contribution in [2.45, 2.75) is 45.4 Å². The van der Waals surface area contributed by atoms with Crippen molar-refractivity contribution in [3.05, 3.63) is 51.2 Å². The van der Waals surface area contributed by atoms with Gasteiger partial charge in [-0.1, -0.05) is 29.8 Å². The van der Waals surface area contributed by atoms with E-state index in [-0.39, 0.29) is 11.5 Å². The number of hydrogen-bond acceptors (Lipinski definition) is 7. The van der Waals surface area contributed by atoms with Crippen LogP contribution in [-0.4, -0.2) is 28.0 Å². The molecule has 0 saturated heterocycles. The first-order valence-corrected chi connectivity index (χ1v) is 10.3. The topological polar surface area (TPSA) is 133 Å². The standard InChI is InChI=1S/C21H30N6O2/c1-14-3-2-4-15(11-14)9-10-24-21-25-18(19(27(28)29)20(23)26-21)12-16-5-7-17(13-22)8-6-16/h2-4,11,16-17H,5-10,12-13,22H2,1H3,(H3,23,24,25,26). The fourth-order valence-corrected chi connectivity index (χ4v) is 4.07. The molecular formula is C21H30N6O2. The van der Waals surface area contributed by atoms with Gasteiger partial charge in [-0.15, -0.1) is 0 Å². The van der Waals surface area contributed by atoms with Gasteiger partial charge in [0.15, 0.2) is 0 Å². The molecule has 0 radical (unpaired) electrons. The summed E-state index contributed by atoms with van der Waals surface area (Å²) in [4.78, 5) is 19.7. The van der Waals surface area contributed by atoms with E-state index in [0.717, 1.165) is 32.1 Å². The van der Waals surface area contributed by atoms with Crippen LogP contribution in [0.15, 0.2) is 24.3 Å². The molecule has 0 bridgehead atoms. The Hall–Kier alpha value is -2.74. The van der Waals surface area contributed by atoms with Gasteiger partial charge in [0, 0.05) is 6.54 Å². The highest BCUT2D eigenvalue weighted by atomic mass is 16.6. The van der Waals surface area contributed by atoms with Crippen LogP contribution < -0.4 is 16.8 Å². The Morgan fingerprint density at radius 1 is 1.21 bits per heavy atom. The molecule has 1 heterocycles. The number of nitrogens with one attached hydrogen (secondary N) is 1. The second kappa shape index (κ2) is 9.65. The van der Waals surface area contributed by atoms with Crippen LogP contribution in [0, 0.1) is 28.9 Å². The van der Waals surface area contributed by atoms with Crippen molar-refractivity contribution in [3.8, 4) is 0 Å². The number of aromatic nitrogens is 2. The van der Waals surface area contributed by atoms with Crippen LogP contribution in [0.5, 0.6) is 0 Å². The number of rotatable bonds is 8. The lowest BCUT2D eigenvalue weighted by atomic mass is 9.80. The van der Waals surface area contributed by atoms with Crippen LogP contribution in [0.2, 0.25) is 0 Å². The van der Waals surface area contributed by atoms with Crippen molar-refractivity contribution in [3.63, 3.8) is 0 Å². The minimum absolute atomic E-state index is 0.0753. The molecule has 0 aliphatic heterocycles. The molecule has 0 unspecified atom stereocenters. The van der Waals surface area contributed by atoms with Gasteiger partial charge in [0.05, 0.1) is 4.92 Å². The van der Waals surface area contributed by atoms with Crippen molar-refractivity contribution >= 4 is 17.5 Å². The summed E-state index contributed by atoms with van der Waals surface area (Å²) in [7, 11) is 0. The number of anilines is 2. The smallest absolute Gasteiger partial charge is 0.332 e. The molecule has 1 aliphatic rings. The predicted octanol–water partition coefficient (Wildman–Crippen LogP) is 3.24. The Balaban J connectivity index is 1.69. The maximum Gasteiger partial charge on any atom is 0.332 e. The van der Waals surface area contributed by atoms with Crippen molar-refractivity contribution in [1.29, 1.82) is 0 Å². The van der Waals surface area contributed by atoms with Crippen molar-refractivity contribution in [1.82, 2.24) is 9.97 Å². The Bertz CT molecular complexity index is 849.